The SMILES string of the molecule is Cn1cccc1-c1ccc(C#N)c(C#N)c1. The fraction of sp³-hybridized carbons (Fsp3) is 0.0769. The summed E-state index contributed by atoms with van der Waals surface area (Å²) in [6.45, 7) is 0. The van der Waals surface area contributed by atoms with E-state index in [1.165, 1.54) is 0 Å². The van der Waals surface area contributed by atoms with Crippen molar-refractivity contribution in [3.8, 4) is 23.4 Å². The maximum Gasteiger partial charge on any atom is 0.101 e. The first kappa shape index (κ1) is 10.0. The summed E-state index contributed by atoms with van der Waals surface area (Å²) in [5, 5.41) is 17.8. The molecule has 0 amide bonds. The summed E-state index contributed by atoms with van der Waals surface area (Å²) in [4.78, 5) is 0. The van der Waals surface area contributed by atoms with Crippen molar-refractivity contribution in [2.75, 3.05) is 0 Å². The molecule has 0 saturated carbocycles. The minimum Gasteiger partial charge on any atom is -0.351 e. The van der Waals surface area contributed by atoms with Gasteiger partial charge in [-0.25, -0.2) is 0 Å². The van der Waals surface area contributed by atoms with Gasteiger partial charge in [0, 0.05) is 18.9 Å². The number of nitrogens with zero attached hydrogens (tertiary/aromatic N) is 3. The first-order valence-corrected chi connectivity index (χ1v) is 4.82. The highest BCUT2D eigenvalue weighted by atomic mass is 14.9. The number of benzene rings is 1. The Morgan fingerprint density at radius 3 is 2.38 bits per heavy atom. The second-order valence-electron chi connectivity index (χ2n) is 3.49. The van der Waals surface area contributed by atoms with Gasteiger partial charge in [-0.1, -0.05) is 6.07 Å². The zero-order chi connectivity index (χ0) is 11.5. The number of aromatic nitrogens is 1. The summed E-state index contributed by atoms with van der Waals surface area (Å²) in [6.07, 6.45) is 1.94. The topological polar surface area (TPSA) is 52.5 Å². The van der Waals surface area contributed by atoms with Gasteiger partial charge in [-0.05, 0) is 29.8 Å². The lowest BCUT2D eigenvalue weighted by Crippen LogP contribution is -1.91. The Kier molecular flexibility index (Phi) is 2.45. The number of aryl methyl sites for hydroxylation is 1. The van der Waals surface area contributed by atoms with Gasteiger partial charge in [0.25, 0.3) is 0 Å². The predicted octanol–water partition coefficient (Wildman–Crippen LogP) is 2.44. The van der Waals surface area contributed by atoms with E-state index in [4.69, 9.17) is 10.5 Å². The molecule has 0 spiro atoms. The van der Waals surface area contributed by atoms with Gasteiger partial charge in [0.2, 0.25) is 0 Å². The van der Waals surface area contributed by atoms with Crippen molar-refractivity contribution in [2.24, 2.45) is 7.05 Å². The van der Waals surface area contributed by atoms with E-state index in [-0.39, 0.29) is 0 Å². The molecule has 0 radical (unpaired) electrons. The molecule has 0 fully saturated rings. The average molecular weight is 207 g/mol. The molecule has 0 unspecified atom stereocenters. The van der Waals surface area contributed by atoms with Gasteiger partial charge in [-0.3, -0.25) is 0 Å². The van der Waals surface area contributed by atoms with Crippen molar-refractivity contribution >= 4 is 0 Å². The summed E-state index contributed by atoms with van der Waals surface area (Å²) >= 11 is 0. The molecule has 1 aromatic heterocycles. The fourth-order valence-electron chi connectivity index (χ4n) is 1.65. The standard InChI is InChI=1S/C13H9N3/c1-16-6-2-3-13(16)10-4-5-11(8-14)12(7-10)9-15/h2-7H,1H3. The van der Waals surface area contributed by atoms with Crippen LogP contribution in [0.4, 0.5) is 0 Å². The van der Waals surface area contributed by atoms with E-state index >= 15 is 0 Å². The zero-order valence-corrected chi connectivity index (χ0v) is 8.81. The molecule has 16 heavy (non-hydrogen) atoms. The van der Waals surface area contributed by atoms with Crippen LogP contribution in [0.5, 0.6) is 0 Å². The lowest BCUT2D eigenvalue weighted by atomic mass is 10.0. The molecular weight excluding hydrogens is 198 g/mol. The molecule has 0 N–H and O–H groups in total. The van der Waals surface area contributed by atoms with E-state index in [0.29, 0.717) is 11.1 Å². The largest absolute Gasteiger partial charge is 0.351 e. The lowest BCUT2D eigenvalue weighted by Gasteiger charge is -2.04. The van der Waals surface area contributed by atoms with E-state index in [2.05, 4.69) is 0 Å². The Hall–Kier alpha value is -2.52. The third kappa shape index (κ3) is 1.55. The molecule has 0 atom stereocenters. The highest BCUT2D eigenvalue weighted by Gasteiger charge is 2.06. The monoisotopic (exact) mass is 207 g/mol. The van der Waals surface area contributed by atoms with Crippen LogP contribution in [0.1, 0.15) is 11.1 Å². The number of rotatable bonds is 1. The smallest absolute Gasteiger partial charge is 0.101 e. The minimum atomic E-state index is 0.417. The van der Waals surface area contributed by atoms with Gasteiger partial charge in [0.05, 0.1) is 11.1 Å². The summed E-state index contributed by atoms with van der Waals surface area (Å²) < 4.78 is 1.97. The highest BCUT2D eigenvalue weighted by Crippen LogP contribution is 2.22. The van der Waals surface area contributed by atoms with Gasteiger partial charge >= 0.3 is 0 Å². The molecule has 0 saturated heterocycles. The van der Waals surface area contributed by atoms with Crippen molar-refractivity contribution in [1.82, 2.24) is 4.57 Å². The van der Waals surface area contributed by atoms with Crippen LogP contribution in [0.15, 0.2) is 36.5 Å². The van der Waals surface area contributed by atoms with Crippen LogP contribution >= 0.6 is 0 Å². The van der Waals surface area contributed by atoms with Crippen molar-refractivity contribution in [2.45, 2.75) is 0 Å². The average Bonchev–Trinajstić information content (AvgIpc) is 2.74. The first-order valence-electron chi connectivity index (χ1n) is 4.82. The first-order chi connectivity index (χ1) is 7.76. The van der Waals surface area contributed by atoms with E-state index in [1.54, 1.807) is 12.1 Å². The highest BCUT2D eigenvalue weighted by molar-refractivity contribution is 5.65. The van der Waals surface area contributed by atoms with Crippen LogP contribution in [-0.4, -0.2) is 4.57 Å². The van der Waals surface area contributed by atoms with Crippen molar-refractivity contribution in [1.29, 1.82) is 10.5 Å². The number of hydrogen-bond acceptors (Lipinski definition) is 2. The molecule has 0 aliphatic carbocycles. The van der Waals surface area contributed by atoms with E-state index < -0.39 is 0 Å². The third-order valence-electron chi connectivity index (χ3n) is 2.50. The molecule has 0 aliphatic heterocycles. The molecule has 0 aliphatic rings. The maximum atomic E-state index is 8.93. The zero-order valence-electron chi connectivity index (χ0n) is 8.81. The molecular formula is C13H9N3. The fourth-order valence-corrected chi connectivity index (χ4v) is 1.65. The Balaban J connectivity index is 2.59. The minimum absolute atomic E-state index is 0.417. The van der Waals surface area contributed by atoms with E-state index in [1.807, 2.05) is 48.1 Å². The molecule has 0 bridgehead atoms. The summed E-state index contributed by atoms with van der Waals surface area (Å²) in [5.74, 6) is 0. The normalized spacial score (nSPS) is 9.44. The second kappa shape index (κ2) is 3.92. The van der Waals surface area contributed by atoms with Gasteiger partial charge in [0.1, 0.15) is 12.1 Å². The Morgan fingerprint density at radius 2 is 1.81 bits per heavy atom. The molecule has 1 heterocycles. The molecule has 3 nitrogen and oxygen atoms in total. The molecule has 76 valence electrons. The van der Waals surface area contributed by atoms with Crippen molar-refractivity contribution < 1.29 is 0 Å². The Labute approximate surface area is 93.8 Å². The number of nitriles is 2. The van der Waals surface area contributed by atoms with E-state index in [9.17, 15) is 0 Å². The van der Waals surface area contributed by atoms with Gasteiger partial charge in [-0.15, -0.1) is 0 Å². The number of hydrogen-bond donors (Lipinski definition) is 0. The maximum absolute atomic E-state index is 8.93. The second-order valence-corrected chi connectivity index (χ2v) is 3.49. The van der Waals surface area contributed by atoms with Crippen LogP contribution in [0.2, 0.25) is 0 Å². The summed E-state index contributed by atoms with van der Waals surface area (Å²) in [5.41, 5.74) is 2.81. The van der Waals surface area contributed by atoms with Gasteiger partial charge in [0.15, 0.2) is 0 Å². The van der Waals surface area contributed by atoms with Crippen LogP contribution < -0.4 is 0 Å². The van der Waals surface area contributed by atoms with Crippen molar-refractivity contribution in [3.63, 3.8) is 0 Å². The van der Waals surface area contributed by atoms with Crippen molar-refractivity contribution in [3.05, 3.63) is 47.7 Å². The molecule has 2 rings (SSSR count). The van der Waals surface area contributed by atoms with E-state index in [0.717, 1.165) is 11.3 Å². The molecule has 2 aromatic rings. The Morgan fingerprint density at radius 1 is 1.06 bits per heavy atom. The quantitative estimate of drug-likeness (QED) is 0.721. The predicted molar refractivity (Wildman–Crippen MR) is 60.3 cm³/mol. The Bertz CT molecular complexity index is 609. The van der Waals surface area contributed by atoms with Crippen LogP contribution in [0.25, 0.3) is 11.3 Å². The molecule has 3 heteroatoms. The van der Waals surface area contributed by atoms with Crippen LogP contribution in [0, 0.1) is 22.7 Å². The van der Waals surface area contributed by atoms with Gasteiger partial charge < -0.3 is 4.57 Å². The summed E-state index contributed by atoms with van der Waals surface area (Å²) in [7, 11) is 1.94. The lowest BCUT2D eigenvalue weighted by molar-refractivity contribution is 0.937. The van der Waals surface area contributed by atoms with Crippen LogP contribution in [0.3, 0.4) is 0 Å². The van der Waals surface area contributed by atoms with Crippen LogP contribution in [-0.2, 0) is 7.05 Å². The third-order valence-corrected chi connectivity index (χ3v) is 2.50. The van der Waals surface area contributed by atoms with Gasteiger partial charge in [-0.2, -0.15) is 10.5 Å². The molecule has 1 aromatic carbocycles. The summed E-state index contributed by atoms with van der Waals surface area (Å²) in [6, 6.07) is 13.2.